The van der Waals surface area contributed by atoms with Gasteiger partial charge in [-0.1, -0.05) is 24.3 Å². The first-order valence-electron chi connectivity index (χ1n) is 4.80. The zero-order valence-corrected chi connectivity index (χ0v) is 8.86. The maximum atomic E-state index is 7.93. The van der Waals surface area contributed by atoms with E-state index in [9.17, 15) is 0 Å². The number of nitrogens with one attached hydrogen (secondary N) is 1. The molecule has 1 aromatic heterocycles. The van der Waals surface area contributed by atoms with Gasteiger partial charge in [-0.25, -0.2) is 0 Å². The number of rotatable bonds is 1. The monoisotopic (exact) mass is 199 g/mol. The second-order valence-electron chi connectivity index (χ2n) is 3.62. The van der Waals surface area contributed by atoms with Gasteiger partial charge in [0.25, 0.3) is 0 Å². The third kappa shape index (κ3) is 1.68. The van der Waals surface area contributed by atoms with Crippen LogP contribution in [0.15, 0.2) is 36.5 Å². The molecule has 0 aliphatic carbocycles. The van der Waals surface area contributed by atoms with E-state index in [2.05, 4.69) is 4.98 Å². The maximum Gasteiger partial charge on any atom is 0.147 e. The number of benzene rings is 1. The highest BCUT2D eigenvalue weighted by Gasteiger charge is 2.08. The molecule has 76 valence electrons. The number of pyridine rings is 1. The summed E-state index contributed by atoms with van der Waals surface area (Å²) in [7, 11) is 3.71. The molecule has 0 fully saturated rings. The largest absolute Gasteiger partial charge is 0.361 e. The molecule has 15 heavy (non-hydrogen) atoms. The van der Waals surface area contributed by atoms with E-state index >= 15 is 0 Å². The van der Waals surface area contributed by atoms with E-state index in [1.807, 2.05) is 44.4 Å². The fourth-order valence-electron chi connectivity index (χ4n) is 1.52. The van der Waals surface area contributed by atoms with E-state index in [-0.39, 0.29) is 0 Å². The van der Waals surface area contributed by atoms with E-state index in [1.165, 1.54) is 0 Å². The topological polar surface area (TPSA) is 40.0 Å². The number of hydrogen-bond acceptors (Lipinski definition) is 2. The van der Waals surface area contributed by atoms with Crippen LogP contribution in [0.5, 0.6) is 0 Å². The number of nitrogens with zero attached hydrogens (tertiary/aromatic N) is 2. The molecule has 0 unspecified atom stereocenters. The molecule has 0 aliphatic rings. The standard InChI is InChI=1S/C12H13N3/c1-15(2)12(13)11-10-6-4-3-5-9(10)7-8-14-11/h3-8,13H,1-2H3. The predicted molar refractivity (Wildman–Crippen MR) is 62.3 cm³/mol. The minimum absolute atomic E-state index is 0.437. The van der Waals surface area contributed by atoms with Crippen molar-refractivity contribution in [3.8, 4) is 0 Å². The molecule has 0 saturated heterocycles. The summed E-state index contributed by atoms with van der Waals surface area (Å²) >= 11 is 0. The summed E-state index contributed by atoms with van der Waals surface area (Å²) in [4.78, 5) is 6.02. The Balaban J connectivity index is 2.66. The highest BCUT2D eigenvalue weighted by Crippen LogP contribution is 2.16. The average Bonchev–Trinajstić information content (AvgIpc) is 2.27. The lowest BCUT2D eigenvalue weighted by Crippen LogP contribution is -2.23. The van der Waals surface area contributed by atoms with Crippen molar-refractivity contribution in [3.63, 3.8) is 0 Å². The highest BCUT2D eigenvalue weighted by atomic mass is 15.1. The lowest BCUT2D eigenvalue weighted by Gasteiger charge is -2.14. The quantitative estimate of drug-likeness (QED) is 0.564. The molecule has 0 atom stereocenters. The van der Waals surface area contributed by atoms with Gasteiger partial charge in [0.05, 0.1) is 0 Å². The van der Waals surface area contributed by atoms with E-state index in [0.717, 1.165) is 16.5 Å². The molecule has 3 heteroatoms. The smallest absolute Gasteiger partial charge is 0.147 e. The zero-order valence-electron chi connectivity index (χ0n) is 8.86. The van der Waals surface area contributed by atoms with E-state index in [0.29, 0.717) is 5.84 Å². The molecule has 3 nitrogen and oxygen atoms in total. The van der Waals surface area contributed by atoms with Crippen LogP contribution in [0.2, 0.25) is 0 Å². The van der Waals surface area contributed by atoms with Gasteiger partial charge < -0.3 is 4.90 Å². The van der Waals surface area contributed by atoms with E-state index in [1.54, 1.807) is 11.1 Å². The van der Waals surface area contributed by atoms with Gasteiger partial charge in [0, 0.05) is 25.7 Å². The van der Waals surface area contributed by atoms with Gasteiger partial charge in [0.15, 0.2) is 0 Å². The predicted octanol–water partition coefficient (Wildman–Crippen LogP) is 2.12. The summed E-state index contributed by atoms with van der Waals surface area (Å²) in [5, 5.41) is 10.1. The van der Waals surface area contributed by atoms with Crippen molar-refractivity contribution in [2.75, 3.05) is 14.1 Å². The van der Waals surface area contributed by atoms with Crippen LogP contribution < -0.4 is 0 Å². The van der Waals surface area contributed by atoms with Crippen LogP contribution in [0.4, 0.5) is 0 Å². The molecule has 2 rings (SSSR count). The molecule has 0 amide bonds. The van der Waals surface area contributed by atoms with Gasteiger partial charge in [-0.3, -0.25) is 10.4 Å². The first-order chi connectivity index (χ1) is 7.20. The number of hydrogen-bond donors (Lipinski definition) is 1. The maximum absolute atomic E-state index is 7.93. The minimum atomic E-state index is 0.437. The molecule has 1 heterocycles. The summed E-state index contributed by atoms with van der Waals surface area (Å²) < 4.78 is 0. The zero-order chi connectivity index (χ0) is 10.8. The molecule has 0 spiro atoms. The third-order valence-corrected chi connectivity index (χ3v) is 2.35. The summed E-state index contributed by atoms with van der Waals surface area (Å²) in [6.07, 6.45) is 1.75. The number of amidine groups is 1. The summed E-state index contributed by atoms with van der Waals surface area (Å²) in [6, 6.07) is 9.95. The molecular weight excluding hydrogens is 186 g/mol. The van der Waals surface area contributed by atoms with Gasteiger partial charge in [0.2, 0.25) is 0 Å². The Morgan fingerprint density at radius 3 is 2.67 bits per heavy atom. The van der Waals surface area contributed by atoms with Crippen molar-refractivity contribution in [2.45, 2.75) is 0 Å². The van der Waals surface area contributed by atoms with Gasteiger partial charge >= 0.3 is 0 Å². The number of aromatic nitrogens is 1. The van der Waals surface area contributed by atoms with Crippen LogP contribution >= 0.6 is 0 Å². The Morgan fingerprint density at radius 2 is 1.93 bits per heavy atom. The lowest BCUT2D eigenvalue weighted by molar-refractivity contribution is 0.617. The summed E-state index contributed by atoms with van der Waals surface area (Å²) in [6.45, 7) is 0. The summed E-state index contributed by atoms with van der Waals surface area (Å²) in [5.41, 5.74) is 0.734. The Morgan fingerprint density at radius 1 is 1.20 bits per heavy atom. The van der Waals surface area contributed by atoms with Crippen LogP contribution in [-0.4, -0.2) is 29.8 Å². The van der Waals surface area contributed by atoms with E-state index in [4.69, 9.17) is 5.41 Å². The molecule has 1 N–H and O–H groups in total. The normalized spacial score (nSPS) is 10.3. The van der Waals surface area contributed by atoms with Gasteiger partial charge in [-0.2, -0.15) is 0 Å². The molecule has 0 radical (unpaired) electrons. The molecule has 0 saturated carbocycles. The average molecular weight is 199 g/mol. The number of fused-ring (bicyclic) bond motifs is 1. The minimum Gasteiger partial charge on any atom is -0.361 e. The molecule has 0 aliphatic heterocycles. The van der Waals surface area contributed by atoms with Crippen LogP contribution in [0, 0.1) is 5.41 Å². The van der Waals surface area contributed by atoms with Gasteiger partial charge in [-0.05, 0) is 11.5 Å². The Hall–Kier alpha value is -1.90. The fraction of sp³-hybridized carbons (Fsp3) is 0.167. The highest BCUT2D eigenvalue weighted by molar-refractivity contribution is 6.06. The van der Waals surface area contributed by atoms with Gasteiger partial charge in [0.1, 0.15) is 11.5 Å². The molecule has 2 aromatic rings. The van der Waals surface area contributed by atoms with Crippen molar-refractivity contribution in [2.24, 2.45) is 0 Å². The molecule has 1 aromatic carbocycles. The van der Waals surface area contributed by atoms with Crippen LogP contribution in [-0.2, 0) is 0 Å². The summed E-state index contributed by atoms with van der Waals surface area (Å²) in [5.74, 6) is 0.437. The molecular formula is C12H13N3. The van der Waals surface area contributed by atoms with Crippen molar-refractivity contribution >= 4 is 16.6 Å². The Labute approximate surface area is 88.9 Å². The Kier molecular flexibility index (Phi) is 2.37. The first-order valence-corrected chi connectivity index (χ1v) is 4.80. The third-order valence-electron chi connectivity index (χ3n) is 2.35. The van der Waals surface area contributed by atoms with Crippen molar-refractivity contribution in [3.05, 3.63) is 42.2 Å². The van der Waals surface area contributed by atoms with Crippen molar-refractivity contribution in [1.82, 2.24) is 9.88 Å². The van der Waals surface area contributed by atoms with Gasteiger partial charge in [-0.15, -0.1) is 0 Å². The van der Waals surface area contributed by atoms with Crippen LogP contribution in [0.3, 0.4) is 0 Å². The first kappa shape index (κ1) is 9.65. The molecule has 0 bridgehead atoms. The second kappa shape index (κ2) is 3.69. The fourth-order valence-corrected chi connectivity index (χ4v) is 1.52. The van der Waals surface area contributed by atoms with Crippen molar-refractivity contribution in [1.29, 1.82) is 5.41 Å². The second-order valence-corrected chi connectivity index (χ2v) is 3.62. The van der Waals surface area contributed by atoms with Crippen LogP contribution in [0.25, 0.3) is 10.8 Å². The SMILES string of the molecule is CN(C)C(=N)c1nccc2ccccc12. The van der Waals surface area contributed by atoms with Crippen LogP contribution in [0.1, 0.15) is 5.69 Å². The van der Waals surface area contributed by atoms with Crippen molar-refractivity contribution < 1.29 is 0 Å². The lowest BCUT2D eigenvalue weighted by atomic mass is 10.1. The van der Waals surface area contributed by atoms with E-state index < -0.39 is 0 Å². The Bertz CT molecular complexity index is 498.